The summed E-state index contributed by atoms with van der Waals surface area (Å²) >= 11 is 0. The average Bonchev–Trinajstić information content (AvgIpc) is 3.31. The van der Waals surface area contributed by atoms with Crippen molar-refractivity contribution in [3.63, 3.8) is 0 Å². The molecule has 3 heteroatoms. The van der Waals surface area contributed by atoms with E-state index in [-0.39, 0.29) is 5.92 Å². The molecule has 1 aliphatic rings. The summed E-state index contributed by atoms with van der Waals surface area (Å²) in [6.45, 7) is 2.23. The summed E-state index contributed by atoms with van der Waals surface area (Å²) in [5.74, 6) is 1.90. The van der Waals surface area contributed by atoms with Gasteiger partial charge in [-0.15, -0.1) is 0 Å². The second-order valence-electron chi connectivity index (χ2n) is 7.90. The van der Waals surface area contributed by atoms with Gasteiger partial charge in [-0.05, 0) is 66.1 Å². The molecule has 0 aliphatic heterocycles. The number of hydrogen-bond donors (Lipinski definition) is 0. The third-order valence-corrected chi connectivity index (χ3v) is 5.89. The molecule has 0 amide bonds. The first kappa shape index (κ1) is 20.2. The number of aromatic nitrogens is 1. The Bertz CT molecular complexity index is 991. The van der Waals surface area contributed by atoms with Crippen LogP contribution < -0.4 is 9.47 Å². The van der Waals surface area contributed by atoms with Crippen LogP contribution in [0.3, 0.4) is 0 Å². The molecule has 1 fully saturated rings. The van der Waals surface area contributed by atoms with Crippen LogP contribution in [0.25, 0.3) is 12.2 Å². The van der Waals surface area contributed by atoms with Crippen molar-refractivity contribution < 1.29 is 9.47 Å². The van der Waals surface area contributed by atoms with E-state index in [1.54, 1.807) is 7.11 Å². The van der Waals surface area contributed by atoms with Crippen molar-refractivity contribution in [2.24, 2.45) is 0 Å². The standard InChI is InChI=1S/C27H29NO2/c1-20(22-8-4-3-5-9-22)25-19-28-17-16-23(25)14-12-21-13-15-26(29-2)27(18-21)30-24-10-6-7-11-24/h3-5,8-9,12-20,24H,6-7,10-11H2,1-2H3/b14-12+. The average molecular weight is 400 g/mol. The van der Waals surface area contributed by atoms with Crippen LogP contribution in [0.4, 0.5) is 0 Å². The van der Waals surface area contributed by atoms with E-state index >= 15 is 0 Å². The molecular weight excluding hydrogens is 370 g/mol. The second-order valence-corrected chi connectivity index (χ2v) is 7.90. The fraction of sp³-hybridized carbons (Fsp3) is 0.296. The van der Waals surface area contributed by atoms with Crippen molar-refractivity contribution in [1.82, 2.24) is 4.98 Å². The minimum Gasteiger partial charge on any atom is -0.493 e. The lowest BCUT2D eigenvalue weighted by Gasteiger charge is -2.16. The Kier molecular flexibility index (Phi) is 6.48. The van der Waals surface area contributed by atoms with Crippen LogP contribution in [-0.4, -0.2) is 18.2 Å². The highest BCUT2D eigenvalue weighted by Gasteiger charge is 2.18. The number of nitrogens with zero attached hydrogens (tertiary/aromatic N) is 1. The van der Waals surface area contributed by atoms with E-state index in [0.717, 1.165) is 29.9 Å². The highest BCUT2D eigenvalue weighted by Crippen LogP contribution is 2.33. The van der Waals surface area contributed by atoms with E-state index in [1.165, 1.54) is 29.5 Å². The maximum atomic E-state index is 6.24. The monoisotopic (exact) mass is 399 g/mol. The third-order valence-electron chi connectivity index (χ3n) is 5.89. The molecule has 154 valence electrons. The van der Waals surface area contributed by atoms with Crippen molar-refractivity contribution in [1.29, 1.82) is 0 Å². The predicted octanol–water partition coefficient (Wildman–Crippen LogP) is 6.73. The Balaban J connectivity index is 1.58. The minimum atomic E-state index is 0.275. The van der Waals surface area contributed by atoms with E-state index in [2.05, 4.69) is 72.6 Å². The summed E-state index contributed by atoms with van der Waals surface area (Å²) in [7, 11) is 1.70. The molecule has 1 aromatic heterocycles. The lowest BCUT2D eigenvalue weighted by molar-refractivity contribution is 0.201. The number of rotatable bonds is 7. The minimum absolute atomic E-state index is 0.275. The molecule has 0 radical (unpaired) electrons. The molecule has 3 aromatic rings. The van der Waals surface area contributed by atoms with E-state index in [4.69, 9.17) is 9.47 Å². The van der Waals surface area contributed by atoms with Crippen LogP contribution in [0.5, 0.6) is 11.5 Å². The van der Waals surface area contributed by atoms with Gasteiger partial charge in [0.1, 0.15) is 0 Å². The van der Waals surface area contributed by atoms with Crippen LogP contribution >= 0.6 is 0 Å². The summed E-state index contributed by atoms with van der Waals surface area (Å²) in [5.41, 5.74) is 4.78. The lowest BCUT2D eigenvalue weighted by atomic mass is 9.91. The van der Waals surface area contributed by atoms with Crippen molar-refractivity contribution in [2.75, 3.05) is 7.11 Å². The van der Waals surface area contributed by atoms with Crippen LogP contribution in [0.15, 0.2) is 67.0 Å². The smallest absolute Gasteiger partial charge is 0.162 e. The van der Waals surface area contributed by atoms with Gasteiger partial charge in [0, 0.05) is 18.3 Å². The number of methoxy groups -OCH3 is 1. The summed E-state index contributed by atoms with van der Waals surface area (Å²) in [5, 5.41) is 0. The Morgan fingerprint density at radius 2 is 1.77 bits per heavy atom. The van der Waals surface area contributed by atoms with Gasteiger partial charge in [-0.25, -0.2) is 0 Å². The first-order chi connectivity index (χ1) is 14.7. The summed E-state index contributed by atoms with van der Waals surface area (Å²) in [4.78, 5) is 4.37. The van der Waals surface area contributed by atoms with Crippen molar-refractivity contribution in [3.8, 4) is 11.5 Å². The van der Waals surface area contributed by atoms with Gasteiger partial charge in [0.25, 0.3) is 0 Å². The van der Waals surface area contributed by atoms with E-state index in [1.807, 2.05) is 18.5 Å². The van der Waals surface area contributed by atoms with Gasteiger partial charge in [-0.1, -0.05) is 55.5 Å². The molecule has 0 bridgehead atoms. The quantitative estimate of drug-likeness (QED) is 0.441. The van der Waals surface area contributed by atoms with Crippen LogP contribution in [-0.2, 0) is 0 Å². The Hall–Kier alpha value is -3.07. The lowest BCUT2D eigenvalue weighted by Crippen LogP contribution is -2.11. The Morgan fingerprint density at radius 1 is 0.967 bits per heavy atom. The first-order valence-electron chi connectivity index (χ1n) is 10.8. The number of ether oxygens (including phenoxy) is 2. The van der Waals surface area contributed by atoms with Crippen molar-refractivity contribution in [2.45, 2.75) is 44.6 Å². The predicted molar refractivity (Wildman–Crippen MR) is 123 cm³/mol. The molecule has 0 spiro atoms. The number of benzene rings is 2. The van der Waals surface area contributed by atoms with E-state index in [9.17, 15) is 0 Å². The van der Waals surface area contributed by atoms with Crippen LogP contribution in [0.2, 0.25) is 0 Å². The zero-order valence-electron chi connectivity index (χ0n) is 17.8. The van der Waals surface area contributed by atoms with Crippen molar-refractivity contribution in [3.05, 3.63) is 89.2 Å². The van der Waals surface area contributed by atoms with Gasteiger partial charge >= 0.3 is 0 Å². The Labute approximate surface area is 179 Å². The van der Waals surface area contributed by atoms with Crippen LogP contribution in [0, 0.1) is 0 Å². The zero-order chi connectivity index (χ0) is 20.8. The van der Waals surface area contributed by atoms with Gasteiger partial charge in [-0.2, -0.15) is 0 Å². The second kappa shape index (κ2) is 9.62. The summed E-state index contributed by atoms with van der Waals surface area (Å²) in [6, 6.07) is 18.8. The molecular formula is C27H29NO2. The molecule has 1 unspecified atom stereocenters. The van der Waals surface area contributed by atoms with E-state index < -0.39 is 0 Å². The number of pyridine rings is 1. The van der Waals surface area contributed by atoms with Crippen LogP contribution in [0.1, 0.15) is 60.8 Å². The highest BCUT2D eigenvalue weighted by molar-refractivity contribution is 5.72. The van der Waals surface area contributed by atoms with E-state index in [0.29, 0.717) is 6.10 Å². The molecule has 2 aromatic carbocycles. The van der Waals surface area contributed by atoms with Crippen molar-refractivity contribution >= 4 is 12.2 Å². The van der Waals surface area contributed by atoms with Gasteiger partial charge in [0.15, 0.2) is 11.5 Å². The maximum Gasteiger partial charge on any atom is 0.162 e. The Morgan fingerprint density at radius 3 is 2.53 bits per heavy atom. The fourth-order valence-corrected chi connectivity index (χ4v) is 4.11. The third kappa shape index (κ3) is 4.73. The molecule has 0 N–H and O–H groups in total. The SMILES string of the molecule is COc1ccc(/C=C/c2ccncc2C(C)c2ccccc2)cc1OC1CCCC1. The molecule has 1 saturated carbocycles. The number of hydrogen-bond acceptors (Lipinski definition) is 3. The summed E-state index contributed by atoms with van der Waals surface area (Å²) in [6.07, 6.45) is 13.2. The molecule has 4 rings (SSSR count). The maximum absolute atomic E-state index is 6.24. The molecule has 0 saturated heterocycles. The molecule has 30 heavy (non-hydrogen) atoms. The topological polar surface area (TPSA) is 31.4 Å². The largest absolute Gasteiger partial charge is 0.493 e. The molecule has 1 aliphatic carbocycles. The van der Waals surface area contributed by atoms with Gasteiger partial charge in [0.05, 0.1) is 13.2 Å². The van der Waals surface area contributed by atoms with Gasteiger partial charge < -0.3 is 9.47 Å². The molecule has 1 heterocycles. The molecule has 3 nitrogen and oxygen atoms in total. The molecule has 1 atom stereocenters. The van der Waals surface area contributed by atoms with Gasteiger partial charge in [-0.3, -0.25) is 4.98 Å². The zero-order valence-corrected chi connectivity index (χ0v) is 17.8. The summed E-state index contributed by atoms with van der Waals surface area (Å²) < 4.78 is 11.8. The highest BCUT2D eigenvalue weighted by atomic mass is 16.5. The first-order valence-corrected chi connectivity index (χ1v) is 10.8. The normalized spacial score (nSPS) is 15.4. The van der Waals surface area contributed by atoms with Gasteiger partial charge in [0.2, 0.25) is 0 Å². The fourth-order valence-electron chi connectivity index (χ4n) is 4.11.